The fraction of sp³-hybridized carbons (Fsp3) is 0.462. The molecule has 5 nitrogen and oxygen atoms in total. The van der Waals surface area contributed by atoms with Gasteiger partial charge < -0.3 is 0 Å². The van der Waals surface area contributed by atoms with Gasteiger partial charge in [0.1, 0.15) is 0 Å². The van der Waals surface area contributed by atoms with Crippen LogP contribution in [0.5, 0.6) is 0 Å². The quantitative estimate of drug-likeness (QED) is 0.915. The van der Waals surface area contributed by atoms with Crippen LogP contribution in [0.4, 0.5) is 5.13 Å². The molecule has 0 unspecified atom stereocenters. The maximum atomic E-state index is 12.0. The highest BCUT2D eigenvalue weighted by molar-refractivity contribution is 7.15. The fourth-order valence-corrected chi connectivity index (χ4v) is 3.46. The smallest absolute Gasteiger partial charge is 0.277 e. The minimum absolute atomic E-state index is 0.195. The molecule has 0 radical (unpaired) electrons. The molecule has 0 bridgehead atoms. The van der Waals surface area contributed by atoms with Crippen LogP contribution < -0.4 is 5.32 Å². The minimum atomic E-state index is -0.195. The molecule has 0 aliphatic heterocycles. The Morgan fingerprint density at radius 2 is 2.42 bits per heavy atom. The van der Waals surface area contributed by atoms with Gasteiger partial charge in [0.05, 0.1) is 5.69 Å². The van der Waals surface area contributed by atoms with Crippen molar-refractivity contribution in [3.8, 4) is 0 Å². The summed E-state index contributed by atoms with van der Waals surface area (Å²) in [4.78, 5) is 17.8. The summed E-state index contributed by atoms with van der Waals surface area (Å²) in [5.41, 5.74) is 1.57. The molecule has 19 heavy (non-hydrogen) atoms. The zero-order valence-corrected chi connectivity index (χ0v) is 11.8. The molecule has 6 heteroatoms. The van der Waals surface area contributed by atoms with Gasteiger partial charge in [-0.15, -0.1) is 11.3 Å². The molecule has 0 aromatic carbocycles. The molecule has 1 atom stereocenters. The number of hydrogen-bond acceptors (Lipinski definition) is 4. The maximum absolute atomic E-state index is 12.0. The normalized spacial score (nSPS) is 18.1. The molecular weight excluding hydrogens is 260 g/mol. The van der Waals surface area contributed by atoms with Crippen molar-refractivity contribution in [2.75, 3.05) is 5.32 Å². The lowest BCUT2D eigenvalue weighted by Crippen LogP contribution is -2.13. The van der Waals surface area contributed by atoms with Crippen LogP contribution in [0.25, 0.3) is 0 Å². The van der Waals surface area contributed by atoms with Gasteiger partial charge in [-0.3, -0.25) is 14.8 Å². The lowest BCUT2D eigenvalue weighted by molar-refractivity contribution is 0.102. The second kappa shape index (κ2) is 4.77. The van der Waals surface area contributed by atoms with Gasteiger partial charge in [-0.25, -0.2) is 4.98 Å². The Hall–Kier alpha value is -1.69. The molecule has 2 aromatic rings. The van der Waals surface area contributed by atoms with Gasteiger partial charge >= 0.3 is 0 Å². The molecular formula is C13H16N4OS. The highest BCUT2D eigenvalue weighted by Crippen LogP contribution is 2.32. The van der Waals surface area contributed by atoms with Crippen molar-refractivity contribution in [3.05, 3.63) is 28.5 Å². The second-order valence-corrected chi connectivity index (χ2v) is 6.15. The third-order valence-electron chi connectivity index (χ3n) is 3.35. The number of anilines is 1. The van der Waals surface area contributed by atoms with E-state index in [-0.39, 0.29) is 5.91 Å². The number of aromatic nitrogens is 3. The minimum Gasteiger partial charge on any atom is -0.296 e. The Bertz CT molecular complexity index is 616. The van der Waals surface area contributed by atoms with Crippen LogP contribution in [-0.4, -0.2) is 20.7 Å². The summed E-state index contributed by atoms with van der Waals surface area (Å²) in [6.07, 6.45) is 5.03. The average Bonchev–Trinajstić information content (AvgIpc) is 2.94. The van der Waals surface area contributed by atoms with E-state index in [1.54, 1.807) is 35.3 Å². The molecule has 1 aliphatic rings. The zero-order valence-electron chi connectivity index (χ0n) is 11.0. The summed E-state index contributed by atoms with van der Waals surface area (Å²) in [6, 6.07) is 1.70. The molecule has 0 saturated heterocycles. The monoisotopic (exact) mass is 276 g/mol. The summed E-state index contributed by atoms with van der Waals surface area (Å²) >= 11 is 1.59. The number of hydrogen-bond donors (Lipinski definition) is 1. The van der Waals surface area contributed by atoms with Crippen molar-refractivity contribution in [2.45, 2.75) is 26.2 Å². The second-order valence-electron chi connectivity index (χ2n) is 5.07. The Morgan fingerprint density at radius 1 is 1.58 bits per heavy atom. The van der Waals surface area contributed by atoms with E-state index in [0.717, 1.165) is 18.5 Å². The Balaban J connectivity index is 1.75. The van der Waals surface area contributed by atoms with E-state index in [1.807, 2.05) is 0 Å². The molecule has 0 spiro atoms. The summed E-state index contributed by atoms with van der Waals surface area (Å²) < 4.78 is 1.61. The lowest BCUT2D eigenvalue weighted by atomic mass is 9.93. The number of aryl methyl sites for hydroxylation is 2. The van der Waals surface area contributed by atoms with Gasteiger partial charge in [-0.1, -0.05) is 6.92 Å². The van der Waals surface area contributed by atoms with E-state index >= 15 is 0 Å². The molecule has 3 rings (SSSR count). The van der Waals surface area contributed by atoms with Crippen LogP contribution in [0.1, 0.15) is 34.4 Å². The maximum Gasteiger partial charge on any atom is 0.277 e. The van der Waals surface area contributed by atoms with Gasteiger partial charge in [0.2, 0.25) is 0 Å². The SMILES string of the molecule is C[C@H]1CCc2nc(NC(=O)c3ccn(C)n3)sc2C1. The number of carbonyl (C=O) groups excluding carboxylic acids is 1. The number of nitrogens with zero attached hydrogens (tertiary/aromatic N) is 3. The van der Waals surface area contributed by atoms with Crippen molar-refractivity contribution in [2.24, 2.45) is 13.0 Å². The van der Waals surface area contributed by atoms with E-state index in [4.69, 9.17) is 0 Å². The number of thiazole rings is 1. The first kappa shape index (κ1) is 12.3. The first-order valence-electron chi connectivity index (χ1n) is 6.41. The molecule has 2 heterocycles. The van der Waals surface area contributed by atoms with Crippen LogP contribution in [0.3, 0.4) is 0 Å². The molecule has 0 saturated carbocycles. The van der Waals surface area contributed by atoms with Gasteiger partial charge in [0.15, 0.2) is 10.8 Å². The number of rotatable bonds is 2. The Labute approximate surface area is 115 Å². The lowest BCUT2D eigenvalue weighted by Gasteiger charge is -2.15. The van der Waals surface area contributed by atoms with Crippen LogP contribution in [-0.2, 0) is 19.9 Å². The van der Waals surface area contributed by atoms with E-state index in [2.05, 4.69) is 22.3 Å². The van der Waals surface area contributed by atoms with Crippen LogP contribution in [0, 0.1) is 5.92 Å². The van der Waals surface area contributed by atoms with E-state index in [9.17, 15) is 4.79 Å². The number of amides is 1. The number of fused-ring (bicyclic) bond motifs is 1. The standard InChI is InChI=1S/C13H16N4OS/c1-8-3-4-9-11(7-8)19-13(14-9)15-12(18)10-5-6-17(2)16-10/h5-6,8H,3-4,7H2,1-2H3,(H,14,15,18)/t8-/m0/s1. The zero-order chi connectivity index (χ0) is 13.4. The van der Waals surface area contributed by atoms with Crippen molar-refractivity contribution in [1.29, 1.82) is 0 Å². The van der Waals surface area contributed by atoms with Crippen LogP contribution >= 0.6 is 11.3 Å². The highest BCUT2D eigenvalue weighted by atomic mass is 32.1. The van der Waals surface area contributed by atoms with Crippen molar-refractivity contribution < 1.29 is 4.79 Å². The molecule has 1 amide bonds. The highest BCUT2D eigenvalue weighted by Gasteiger charge is 2.21. The first-order valence-corrected chi connectivity index (χ1v) is 7.23. The third kappa shape index (κ3) is 2.53. The summed E-state index contributed by atoms with van der Waals surface area (Å²) in [7, 11) is 1.79. The van der Waals surface area contributed by atoms with Crippen LogP contribution in [0.2, 0.25) is 0 Å². The topological polar surface area (TPSA) is 59.8 Å². The predicted molar refractivity (Wildman–Crippen MR) is 74.5 cm³/mol. The molecule has 0 fully saturated rings. The van der Waals surface area contributed by atoms with E-state index in [0.29, 0.717) is 16.7 Å². The molecule has 100 valence electrons. The molecule has 2 aromatic heterocycles. The summed E-state index contributed by atoms with van der Waals surface area (Å²) in [5, 5.41) is 7.61. The molecule has 1 N–H and O–H groups in total. The van der Waals surface area contributed by atoms with Crippen molar-refractivity contribution in [1.82, 2.24) is 14.8 Å². The number of nitrogens with one attached hydrogen (secondary N) is 1. The third-order valence-corrected chi connectivity index (χ3v) is 4.39. The average molecular weight is 276 g/mol. The van der Waals surface area contributed by atoms with Crippen molar-refractivity contribution >= 4 is 22.4 Å². The largest absolute Gasteiger partial charge is 0.296 e. The van der Waals surface area contributed by atoms with Gasteiger partial charge in [0.25, 0.3) is 5.91 Å². The first-order chi connectivity index (χ1) is 9.11. The Morgan fingerprint density at radius 3 is 3.16 bits per heavy atom. The summed E-state index contributed by atoms with van der Waals surface area (Å²) in [6.45, 7) is 2.26. The van der Waals surface area contributed by atoms with E-state index < -0.39 is 0 Å². The van der Waals surface area contributed by atoms with Gasteiger partial charge in [0, 0.05) is 18.1 Å². The van der Waals surface area contributed by atoms with Crippen molar-refractivity contribution in [3.63, 3.8) is 0 Å². The fourth-order valence-electron chi connectivity index (χ4n) is 2.29. The summed E-state index contributed by atoms with van der Waals surface area (Å²) in [5.74, 6) is 0.520. The van der Waals surface area contributed by atoms with E-state index in [1.165, 1.54) is 11.3 Å². The van der Waals surface area contributed by atoms with Gasteiger partial charge in [-0.05, 0) is 31.2 Å². The number of carbonyl (C=O) groups is 1. The predicted octanol–water partition coefficient (Wildman–Crippen LogP) is 2.25. The molecule has 1 aliphatic carbocycles. The van der Waals surface area contributed by atoms with Crippen LogP contribution in [0.15, 0.2) is 12.3 Å². The Kier molecular flexibility index (Phi) is 3.10. The van der Waals surface area contributed by atoms with Gasteiger partial charge in [-0.2, -0.15) is 5.10 Å².